The lowest BCUT2D eigenvalue weighted by Crippen LogP contribution is -2.49. The van der Waals surface area contributed by atoms with E-state index in [2.05, 4.69) is 16.1 Å². The van der Waals surface area contributed by atoms with Crippen LogP contribution in [0, 0.1) is 0 Å². The fraction of sp³-hybridized carbons (Fsp3) is 0.348. The van der Waals surface area contributed by atoms with Gasteiger partial charge in [-0.1, -0.05) is 18.2 Å². The van der Waals surface area contributed by atoms with E-state index in [1.807, 2.05) is 64.9 Å². The van der Waals surface area contributed by atoms with E-state index in [-0.39, 0.29) is 18.1 Å². The number of pyridine rings is 1. The summed E-state index contributed by atoms with van der Waals surface area (Å²) in [6, 6.07) is 13.6. The van der Waals surface area contributed by atoms with Crippen LogP contribution in [0.1, 0.15) is 12.6 Å². The van der Waals surface area contributed by atoms with Crippen molar-refractivity contribution >= 4 is 22.6 Å². The van der Waals surface area contributed by atoms with Crippen molar-refractivity contribution < 1.29 is 4.79 Å². The van der Waals surface area contributed by atoms with E-state index in [4.69, 9.17) is 0 Å². The molecule has 0 saturated carbocycles. The predicted octanol–water partition coefficient (Wildman–Crippen LogP) is 1.81. The Bertz CT molecular complexity index is 1260. The quantitative estimate of drug-likeness (QED) is 0.496. The molecule has 0 radical (unpaired) electrons. The van der Waals surface area contributed by atoms with Gasteiger partial charge in [-0.15, -0.1) is 0 Å². The van der Waals surface area contributed by atoms with Crippen LogP contribution in [0.3, 0.4) is 0 Å². The molecular weight excluding hydrogens is 392 g/mol. The van der Waals surface area contributed by atoms with Crippen molar-refractivity contribution in [1.29, 1.82) is 0 Å². The van der Waals surface area contributed by atoms with E-state index in [1.165, 1.54) is 0 Å². The Balaban J connectivity index is 1.24. The molecule has 1 saturated heterocycles. The number of aryl methyl sites for hydroxylation is 1. The first-order chi connectivity index (χ1) is 15.1. The smallest absolute Gasteiger partial charge is 0.329 e. The minimum Gasteiger partial charge on any atom is -0.339 e. The summed E-state index contributed by atoms with van der Waals surface area (Å²) in [5.41, 5.74) is 3.55. The highest BCUT2D eigenvalue weighted by Crippen LogP contribution is 2.14. The van der Waals surface area contributed by atoms with Gasteiger partial charge in [-0.3, -0.25) is 18.8 Å². The number of imidazole rings is 2. The highest BCUT2D eigenvalue weighted by molar-refractivity contribution is 5.81. The van der Waals surface area contributed by atoms with E-state index in [0.717, 1.165) is 42.0 Å². The number of hydrogen-bond acceptors (Lipinski definition) is 4. The van der Waals surface area contributed by atoms with Crippen LogP contribution in [0.5, 0.6) is 0 Å². The lowest BCUT2D eigenvalue weighted by atomic mass is 10.3. The molecule has 1 fully saturated rings. The molecule has 4 aromatic rings. The van der Waals surface area contributed by atoms with Gasteiger partial charge in [0.15, 0.2) is 0 Å². The van der Waals surface area contributed by atoms with Gasteiger partial charge in [-0.25, -0.2) is 9.78 Å². The van der Waals surface area contributed by atoms with Crippen molar-refractivity contribution in [2.24, 2.45) is 0 Å². The van der Waals surface area contributed by atoms with Gasteiger partial charge in [-0.2, -0.15) is 0 Å². The number of benzene rings is 1. The zero-order valence-corrected chi connectivity index (χ0v) is 17.6. The Kier molecular flexibility index (Phi) is 5.07. The lowest BCUT2D eigenvalue weighted by molar-refractivity contribution is -0.133. The van der Waals surface area contributed by atoms with E-state index in [1.54, 1.807) is 9.13 Å². The summed E-state index contributed by atoms with van der Waals surface area (Å²) in [4.78, 5) is 34.6. The molecule has 1 aliphatic rings. The molecule has 1 aliphatic heterocycles. The van der Waals surface area contributed by atoms with Crippen LogP contribution < -0.4 is 5.69 Å². The Morgan fingerprint density at radius 3 is 2.39 bits per heavy atom. The molecule has 31 heavy (non-hydrogen) atoms. The summed E-state index contributed by atoms with van der Waals surface area (Å²) in [6.45, 7) is 6.30. The fourth-order valence-corrected chi connectivity index (χ4v) is 4.41. The first kappa shape index (κ1) is 19.6. The summed E-state index contributed by atoms with van der Waals surface area (Å²) >= 11 is 0. The molecular formula is C23H26N6O2. The third kappa shape index (κ3) is 3.63. The normalized spacial score (nSPS) is 15.2. The second-order valence-electron chi connectivity index (χ2n) is 7.96. The van der Waals surface area contributed by atoms with Crippen molar-refractivity contribution in [2.75, 3.05) is 26.2 Å². The van der Waals surface area contributed by atoms with Crippen LogP contribution in [0.4, 0.5) is 0 Å². The number of hydrogen-bond donors (Lipinski definition) is 0. The van der Waals surface area contributed by atoms with Gasteiger partial charge in [-0.05, 0) is 31.2 Å². The summed E-state index contributed by atoms with van der Waals surface area (Å²) in [6.07, 6.45) is 4.06. The second-order valence-corrected chi connectivity index (χ2v) is 7.96. The van der Waals surface area contributed by atoms with Crippen molar-refractivity contribution in [3.8, 4) is 0 Å². The molecule has 4 heterocycles. The predicted molar refractivity (Wildman–Crippen MR) is 119 cm³/mol. The van der Waals surface area contributed by atoms with E-state index < -0.39 is 0 Å². The number of aromatic nitrogens is 4. The summed E-state index contributed by atoms with van der Waals surface area (Å²) < 4.78 is 5.35. The molecule has 8 heteroatoms. The van der Waals surface area contributed by atoms with Gasteiger partial charge >= 0.3 is 5.69 Å². The van der Waals surface area contributed by atoms with Crippen molar-refractivity contribution in [1.82, 2.24) is 28.3 Å². The Morgan fingerprint density at radius 1 is 0.968 bits per heavy atom. The topological polar surface area (TPSA) is 67.8 Å². The van der Waals surface area contributed by atoms with E-state index in [0.29, 0.717) is 19.6 Å². The average Bonchev–Trinajstić information content (AvgIpc) is 3.32. The van der Waals surface area contributed by atoms with Crippen molar-refractivity contribution in [3.05, 3.63) is 71.0 Å². The SMILES string of the molecule is CCn1c(=O)n(CC(=O)N2CCN(Cc3cn4ccccc4n3)CC2)c2ccccc21. The minimum atomic E-state index is -0.123. The maximum Gasteiger partial charge on any atom is 0.329 e. The number of nitrogens with zero attached hydrogens (tertiary/aromatic N) is 6. The Morgan fingerprint density at radius 2 is 1.68 bits per heavy atom. The molecule has 0 bridgehead atoms. The van der Waals surface area contributed by atoms with Crippen LogP contribution in [-0.2, 0) is 24.4 Å². The number of para-hydroxylation sites is 2. The Labute approximate surface area is 179 Å². The third-order valence-electron chi connectivity index (χ3n) is 6.06. The number of piperazine rings is 1. The Hall–Kier alpha value is -3.39. The molecule has 8 nitrogen and oxygen atoms in total. The molecule has 1 amide bonds. The largest absolute Gasteiger partial charge is 0.339 e. The lowest BCUT2D eigenvalue weighted by Gasteiger charge is -2.34. The van der Waals surface area contributed by atoms with Gasteiger partial charge in [0.25, 0.3) is 0 Å². The molecule has 1 aromatic carbocycles. The number of amides is 1. The fourth-order valence-electron chi connectivity index (χ4n) is 4.41. The average molecular weight is 419 g/mol. The van der Waals surface area contributed by atoms with Crippen LogP contribution >= 0.6 is 0 Å². The molecule has 0 N–H and O–H groups in total. The molecule has 0 aliphatic carbocycles. The number of rotatable bonds is 5. The number of carbonyl (C=O) groups is 1. The zero-order valence-electron chi connectivity index (χ0n) is 17.6. The number of fused-ring (bicyclic) bond motifs is 2. The molecule has 3 aromatic heterocycles. The molecule has 0 spiro atoms. The standard InChI is InChI=1S/C23H26N6O2/c1-2-28-19-7-3-4-8-20(19)29(23(28)31)17-22(30)26-13-11-25(12-14-26)15-18-16-27-10-6-5-9-21(27)24-18/h3-10,16H,2,11-15,17H2,1H3. The van der Waals surface area contributed by atoms with Gasteiger partial charge in [0.2, 0.25) is 5.91 Å². The molecule has 0 atom stereocenters. The first-order valence-corrected chi connectivity index (χ1v) is 10.7. The van der Waals surface area contributed by atoms with Crippen LogP contribution in [0.25, 0.3) is 16.7 Å². The van der Waals surface area contributed by atoms with E-state index >= 15 is 0 Å². The minimum absolute atomic E-state index is 0.00603. The second kappa shape index (κ2) is 8.03. The first-order valence-electron chi connectivity index (χ1n) is 10.7. The summed E-state index contributed by atoms with van der Waals surface area (Å²) in [7, 11) is 0. The third-order valence-corrected chi connectivity index (χ3v) is 6.06. The highest BCUT2D eigenvalue weighted by Gasteiger charge is 2.23. The summed E-state index contributed by atoms with van der Waals surface area (Å²) in [5, 5.41) is 0. The van der Waals surface area contributed by atoms with E-state index in [9.17, 15) is 9.59 Å². The molecule has 5 rings (SSSR count). The molecule has 0 unspecified atom stereocenters. The van der Waals surface area contributed by atoms with Gasteiger partial charge in [0.1, 0.15) is 12.2 Å². The van der Waals surface area contributed by atoms with Crippen molar-refractivity contribution in [2.45, 2.75) is 26.6 Å². The maximum absolute atomic E-state index is 13.0. The molecule has 160 valence electrons. The maximum atomic E-state index is 13.0. The van der Waals surface area contributed by atoms with Crippen LogP contribution in [-0.4, -0.2) is 60.4 Å². The zero-order chi connectivity index (χ0) is 21.4. The van der Waals surface area contributed by atoms with Gasteiger partial charge < -0.3 is 9.30 Å². The van der Waals surface area contributed by atoms with Gasteiger partial charge in [0, 0.05) is 51.7 Å². The van der Waals surface area contributed by atoms with Crippen molar-refractivity contribution in [3.63, 3.8) is 0 Å². The highest BCUT2D eigenvalue weighted by atomic mass is 16.2. The van der Waals surface area contributed by atoms with Crippen LogP contribution in [0.15, 0.2) is 59.7 Å². The monoisotopic (exact) mass is 418 g/mol. The van der Waals surface area contributed by atoms with Gasteiger partial charge in [0.05, 0.1) is 16.7 Å². The number of carbonyl (C=O) groups excluding carboxylic acids is 1. The summed E-state index contributed by atoms with van der Waals surface area (Å²) in [5.74, 6) is -0.00603. The van der Waals surface area contributed by atoms with Crippen LogP contribution in [0.2, 0.25) is 0 Å².